The van der Waals surface area contributed by atoms with Crippen LogP contribution < -0.4 is 10.1 Å². The first-order chi connectivity index (χ1) is 16.3. The summed E-state index contributed by atoms with van der Waals surface area (Å²) >= 11 is 2.16. The number of carbonyl (C=O) groups is 2. The van der Waals surface area contributed by atoms with Crippen molar-refractivity contribution in [1.82, 2.24) is 10.2 Å². The zero-order valence-corrected chi connectivity index (χ0v) is 21.9. The molecule has 0 radical (unpaired) electrons. The van der Waals surface area contributed by atoms with Crippen LogP contribution in [-0.2, 0) is 14.3 Å². The molecule has 1 aromatic carbocycles. The second-order valence-corrected chi connectivity index (χ2v) is 10.4. The first kappa shape index (κ1) is 26.9. The molecule has 4 unspecified atom stereocenters. The van der Waals surface area contributed by atoms with E-state index in [1.54, 1.807) is 11.0 Å². The van der Waals surface area contributed by atoms with Crippen molar-refractivity contribution in [3.8, 4) is 5.75 Å². The van der Waals surface area contributed by atoms with Crippen molar-refractivity contribution in [2.45, 2.75) is 63.9 Å². The minimum absolute atomic E-state index is 0.0698. The Kier molecular flexibility index (Phi) is 10.2. The van der Waals surface area contributed by atoms with Gasteiger partial charge in [-0.1, -0.05) is 26.0 Å². The number of hydrogen-bond donors (Lipinski definition) is 3. The van der Waals surface area contributed by atoms with E-state index in [0.717, 1.165) is 16.4 Å². The van der Waals surface area contributed by atoms with Crippen LogP contribution in [-0.4, -0.2) is 77.6 Å². The molecule has 1 aliphatic carbocycles. The molecule has 4 atom stereocenters. The molecule has 1 fully saturated rings. The second-order valence-electron chi connectivity index (χ2n) is 9.23. The average molecular weight is 586 g/mol. The van der Waals surface area contributed by atoms with Gasteiger partial charge in [0, 0.05) is 38.1 Å². The maximum Gasteiger partial charge on any atom is 0.247 e. The van der Waals surface area contributed by atoms with Gasteiger partial charge in [0.15, 0.2) is 0 Å². The van der Waals surface area contributed by atoms with Crippen LogP contribution in [0.3, 0.4) is 0 Å². The van der Waals surface area contributed by atoms with Crippen molar-refractivity contribution in [3.05, 3.63) is 39.5 Å². The van der Waals surface area contributed by atoms with Gasteiger partial charge >= 0.3 is 0 Å². The van der Waals surface area contributed by atoms with Crippen LogP contribution in [0.2, 0.25) is 0 Å². The summed E-state index contributed by atoms with van der Waals surface area (Å²) in [6.45, 7) is 4.95. The Hall–Kier alpha value is -1.69. The average Bonchev–Trinajstić information content (AvgIpc) is 3.31. The third kappa shape index (κ3) is 7.16. The number of rotatable bonds is 10. The van der Waals surface area contributed by atoms with E-state index < -0.39 is 18.2 Å². The van der Waals surface area contributed by atoms with Crippen molar-refractivity contribution in [2.75, 3.05) is 26.3 Å². The molecule has 8 nitrogen and oxygen atoms in total. The first-order valence-electron chi connectivity index (χ1n) is 11.9. The number of ether oxygens (including phenoxy) is 2. The van der Waals surface area contributed by atoms with Gasteiger partial charge in [-0.2, -0.15) is 0 Å². The normalized spacial score (nSPS) is 24.6. The van der Waals surface area contributed by atoms with Crippen molar-refractivity contribution in [2.24, 2.45) is 5.92 Å². The van der Waals surface area contributed by atoms with Crippen LogP contribution in [0.4, 0.5) is 0 Å². The fourth-order valence-corrected chi connectivity index (χ4v) is 4.88. The van der Waals surface area contributed by atoms with Crippen LogP contribution in [0, 0.1) is 9.49 Å². The molecular formula is C25H35IN2O6. The first-order valence-corrected chi connectivity index (χ1v) is 13.0. The quantitative estimate of drug-likeness (QED) is 0.364. The van der Waals surface area contributed by atoms with Gasteiger partial charge < -0.3 is 29.9 Å². The van der Waals surface area contributed by atoms with Crippen molar-refractivity contribution in [3.63, 3.8) is 0 Å². The van der Waals surface area contributed by atoms with Crippen LogP contribution in [0.15, 0.2) is 35.9 Å². The molecule has 2 aliphatic rings. The van der Waals surface area contributed by atoms with E-state index in [4.69, 9.17) is 14.6 Å². The molecule has 34 heavy (non-hydrogen) atoms. The summed E-state index contributed by atoms with van der Waals surface area (Å²) in [7, 11) is 0. The van der Waals surface area contributed by atoms with Gasteiger partial charge in [-0.15, -0.1) is 0 Å². The largest absolute Gasteiger partial charge is 0.482 e. The van der Waals surface area contributed by atoms with Gasteiger partial charge in [-0.05, 0) is 59.6 Å². The Labute approximate surface area is 214 Å². The Morgan fingerprint density at radius 3 is 2.74 bits per heavy atom. The fraction of sp³-hybridized carbons (Fsp3) is 0.600. The molecule has 1 saturated heterocycles. The highest BCUT2D eigenvalue weighted by molar-refractivity contribution is 14.1. The van der Waals surface area contributed by atoms with Crippen molar-refractivity contribution >= 4 is 34.4 Å². The molecule has 0 aromatic heterocycles. The molecule has 3 N–H and O–H groups in total. The fourth-order valence-electron chi connectivity index (χ4n) is 4.36. The van der Waals surface area contributed by atoms with E-state index in [2.05, 4.69) is 27.9 Å². The van der Waals surface area contributed by atoms with Crippen LogP contribution in [0.5, 0.6) is 5.75 Å². The smallest absolute Gasteiger partial charge is 0.247 e. The number of para-hydroxylation sites is 1. The predicted molar refractivity (Wildman–Crippen MR) is 136 cm³/mol. The summed E-state index contributed by atoms with van der Waals surface area (Å²) in [4.78, 5) is 27.8. The lowest BCUT2D eigenvalue weighted by Gasteiger charge is -2.41. The lowest BCUT2D eigenvalue weighted by atomic mass is 9.87. The third-order valence-corrected chi connectivity index (χ3v) is 6.93. The number of halogens is 1. The number of nitrogens with one attached hydrogen (secondary N) is 1. The molecule has 9 heteroatoms. The maximum atomic E-state index is 13.3. The second kappa shape index (κ2) is 12.9. The predicted octanol–water partition coefficient (Wildman–Crippen LogP) is 2.26. The lowest BCUT2D eigenvalue weighted by Crippen LogP contribution is -2.56. The van der Waals surface area contributed by atoms with Crippen LogP contribution in [0.1, 0.15) is 39.5 Å². The van der Waals surface area contributed by atoms with E-state index in [-0.39, 0.29) is 43.4 Å². The van der Waals surface area contributed by atoms with Gasteiger partial charge in [0.1, 0.15) is 18.0 Å². The number of hydrogen-bond acceptors (Lipinski definition) is 6. The van der Waals surface area contributed by atoms with E-state index in [1.165, 1.54) is 0 Å². The Balaban J connectivity index is 1.92. The Bertz CT molecular complexity index is 871. The summed E-state index contributed by atoms with van der Waals surface area (Å²) in [6.07, 6.45) is 2.04. The number of carbonyl (C=O) groups excluding carboxylic acids is 2. The van der Waals surface area contributed by atoms with Crippen LogP contribution in [0.25, 0.3) is 0 Å². The SMILES string of the molecule is CC(C)CC(=O)N(CC1CCCO1)C1CC(C(=O)NCCO)=CC(Oc2ccccc2I)C1O. The van der Waals surface area contributed by atoms with Gasteiger partial charge in [0.2, 0.25) is 11.8 Å². The topological polar surface area (TPSA) is 108 Å². The molecule has 1 aliphatic heterocycles. The molecule has 0 saturated carbocycles. The highest BCUT2D eigenvalue weighted by atomic mass is 127. The van der Waals surface area contributed by atoms with Gasteiger partial charge in [-0.3, -0.25) is 9.59 Å². The molecule has 1 heterocycles. The molecule has 2 amide bonds. The van der Waals surface area contributed by atoms with E-state index in [9.17, 15) is 14.7 Å². The lowest BCUT2D eigenvalue weighted by molar-refractivity contribution is -0.141. The summed E-state index contributed by atoms with van der Waals surface area (Å²) in [5, 5.41) is 23.2. The molecule has 0 bridgehead atoms. The third-order valence-electron chi connectivity index (χ3n) is 6.04. The zero-order chi connectivity index (χ0) is 24.7. The number of amides is 2. The van der Waals surface area contributed by atoms with E-state index in [1.807, 2.05) is 38.1 Å². The molecule has 188 valence electrons. The summed E-state index contributed by atoms with van der Waals surface area (Å²) in [5.74, 6) is 0.342. The molecule has 3 rings (SSSR count). The van der Waals surface area contributed by atoms with Gasteiger partial charge in [-0.25, -0.2) is 0 Å². The van der Waals surface area contributed by atoms with Crippen LogP contribution >= 0.6 is 22.6 Å². The monoisotopic (exact) mass is 586 g/mol. The van der Waals surface area contributed by atoms with Crippen molar-refractivity contribution in [1.29, 1.82) is 0 Å². The highest BCUT2D eigenvalue weighted by Crippen LogP contribution is 2.31. The zero-order valence-electron chi connectivity index (χ0n) is 19.8. The minimum atomic E-state index is -1.03. The van der Waals surface area contributed by atoms with Crippen molar-refractivity contribution < 1.29 is 29.3 Å². The number of aliphatic hydroxyl groups is 2. The molecule has 0 spiro atoms. The highest BCUT2D eigenvalue weighted by Gasteiger charge is 2.41. The summed E-state index contributed by atoms with van der Waals surface area (Å²) < 4.78 is 12.8. The standard InChI is InChI=1S/C25H35IN2O6/c1-16(2)12-23(30)28(15-18-6-5-11-33-18)20-13-17(25(32)27-9-10-29)14-22(24(20)31)34-21-8-4-3-7-19(21)26/h3-4,7-8,14,16,18,20,22,24,29,31H,5-6,9-13,15H2,1-2H3,(H,27,32). The van der Waals surface area contributed by atoms with E-state index in [0.29, 0.717) is 30.9 Å². The number of nitrogens with zero attached hydrogens (tertiary/aromatic N) is 1. The Morgan fingerprint density at radius 1 is 1.32 bits per heavy atom. The number of benzene rings is 1. The Morgan fingerprint density at radius 2 is 2.09 bits per heavy atom. The van der Waals surface area contributed by atoms with E-state index >= 15 is 0 Å². The maximum absolute atomic E-state index is 13.3. The number of aliphatic hydroxyl groups excluding tert-OH is 2. The summed E-state index contributed by atoms with van der Waals surface area (Å²) in [5.41, 5.74) is 0.425. The van der Waals surface area contributed by atoms with Gasteiger partial charge in [0.05, 0.1) is 22.3 Å². The summed E-state index contributed by atoms with van der Waals surface area (Å²) in [6, 6.07) is 6.81. The molecular weight excluding hydrogens is 551 g/mol. The molecule has 1 aromatic rings. The minimum Gasteiger partial charge on any atom is -0.482 e. The van der Waals surface area contributed by atoms with Gasteiger partial charge in [0.25, 0.3) is 0 Å².